The van der Waals surface area contributed by atoms with E-state index in [1.165, 1.54) is 0 Å². The summed E-state index contributed by atoms with van der Waals surface area (Å²) in [6, 6.07) is 5.38. The Morgan fingerprint density at radius 1 is 1.36 bits per heavy atom. The van der Waals surface area contributed by atoms with Gasteiger partial charge in [-0.1, -0.05) is 6.07 Å². The molecule has 78 valence electrons. The zero-order chi connectivity index (χ0) is 10.7. The van der Waals surface area contributed by atoms with Crippen molar-refractivity contribution in [3.63, 3.8) is 0 Å². The first-order valence-corrected chi connectivity index (χ1v) is 4.64. The first-order chi connectivity index (χ1) is 6.54. The maximum absolute atomic E-state index is 9.36. The van der Waals surface area contributed by atoms with E-state index in [2.05, 4.69) is 0 Å². The van der Waals surface area contributed by atoms with Crippen molar-refractivity contribution in [3.8, 4) is 5.75 Å². The molecule has 2 atom stereocenters. The Labute approximate surface area is 84.5 Å². The first kappa shape index (κ1) is 11.0. The number of aryl methyl sites for hydroxylation is 1. The third kappa shape index (κ3) is 2.47. The highest BCUT2D eigenvalue weighted by atomic mass is 16.5. The van der Waals surface area contributed by atoms with Crippen LogP contribution in [0.1, 0.15) is 24.1 Å². The summed E-state index contributed by atoms with van der Waals surface area (Å²) >= 11 is 0. The van der Waals surface area contributed by atoms with Gasteiger partial charge in [-0.05, 0) is 37.1 Å². The van der Waals surface area contributed by atoms with Crippen molar-refractivity contribution >= 4 is 0 Å². The Balaban J connectivity index is 3.02. The fourth-order valence-corrected chi connectivity index (χ4v) is 1.37. The molecule has 3 nitrogen and oxygen atoms in total. The summed E-state index contributed by atoms with van der Waals surface area (Å²) in [7, 11) is 1.62. The summed E-state index contributed by atoms with van der Waals surface area (Å²) in [5.74, 6) is 0.774. The van der Waals surface area contributed by atoms with Crippen LogP contribution in [0.25, 0.3) is 0 Å². The van der Waals surface area contributed by atoms with Crippen LogP contribution in [0.5, 0.6) is 5.75 Å². The molecule has 14 heavy (non-hydrogen) atoms. The van der Waals surface area contributed by atoms with Crippen molar-refractivity contribution in [1.82, 2.24) is 0 Å². The van der Waals surface area contributed by atoms with E-state index in [-0.39, 0.29) is 6.04 Å². The fourth-order valence-electron chi connectivity index (χ4n) is 1.37. The Hall–Kier alpha value is -1.06. The van der Waals surface area contributed by atoms with E-state index in [0.717, 1.165) is 16.9 Å². The van der Waals surface area contributed by atoms with E-state index in [0.29, 0.717) is 0 Å². The van der Waals surface area contributed by atoms with Crippen molar-refractivity contribution in [2.24, 2.45) is 5.73 Å². The highest BCUT2D eigenvalue weighted by Gasteiger charge is 2.12. The van der Waals surface area contributed by atoms with E-state index in [4.69, 9.17) is 10.5 Å². The number of benzene rings is 1. The third-order valence-electron chi connectivity index (χ3n) is 2.21. The molecule has 1 aromatic carbocycles. The van der Waals surface area contributed by atoms with Crippen molar-refractivity contribution in [1.29, 1.82) is 0 Å². The largest absolute Gasteiger partial charge is 0.497 e. The lowest BCUT2D eigenvalue weighted by Gasteiger charge is -2.16. The van der Waals surface area contributed by atoms with Gasteiger partial charge in [0.25, 0.3) is 0 Å². The maximum atomic E-state index is 9.36. The number of hydrogen-bond donors (Lipinski definition) is 2. The van der Waals surface area contributed by atoms with Gasteiger partial charge in [0.1, 0.15) is 5.75 Å². The summed E-state index contributed by atoms with van der Waals surface area (Å²) in [5, 5.41) is 9.36. The predicted molar refractivity (Wildman–Crippen MR) is 56.3 cm³/mol. The zero-order valence-corrected chi connectivity index (χ0v) is 8.82. The van der Waals surface area contributed by atoms with Crippen LogP contribution in [-0.2, 0) is 0 Å². The minimum atomic E-state index is -0.554. The third-order valence-corrected chi connectivity index (χ3v) is 2.21. The van der Waals surface area contributed by atoms with Gasteiger partial charge in [0.15, 0.2) is 0 Å². The molecule has 3 heteroatoms. The molecule has 0 fully saturated rings. The van der Waals surface area contributed by atoms with Crippen LogP contribution in [0, 0.1) is 6.92 Å². The molecule has 0 radical (unpaired) electrons. The summed E-state index contributed by atoms with van der Waals surface area (Å²) < 4.78 is 5.13. The minimum absolute atomic E-state index is 0.358. The van der Waals surface area contributed by atoms with Crippen LogP contribution >= 0.6 is 0 Å². The molecule has 0 saturated carbocycles. The van der Waals surface area contributed by atoms with Crippen molar-refractivity contribution in [2.75, 3.05) is 7.11 Å². The topological polar surface area (TPSA) is 55.5 Å². The van der Waals surface area contributed by atoms with Gasteiger partial charge in [-0.15, -0.1) is 0 Å². The van der Waals surface area contributed by atoms with Gasteiger partial charge in [0, 0.05) is 0 Å². The number of aliphatic hydroxyl groups excluding tert-OH is 1. The van der Waals surface area contributed by atoms with E-state index in [1.54, 1.807) is 14.0 Å². The molecule has 3 N–H and O–H groups in total. The van der Waals surface area contributed by atoms with Gasteiger partial charge >= 0.3 is 0 Å². The van der Waals surface area contributed by atoms with Gasteiger partial charge in [0.2, 0.25) is 0 Å². The Bertz CT molecular complexity index is 310. The van der Waals surface area contributed by atoms with Crippen LogP contribution in [0.4, 0.5) is 0 Å². The molecule has 0 saturated heterocycles. The van der Waals surface area contributed by atoms with E-state index in [1.807, 2.05) is 25.1 Å². The number of nitrogens with two attached hydrogens (primary N) is 1. The molecule has 0 aromatic heterocycles. The van der Waals surface area contributed by atoms with Crippen molar-refractivity contribution < 1.29 is 9.84 Å². The van der Waals surface area contributed by atoms with Crippen molar-refractivity contribution in [2.45, 2.75) is 26.0 Å². The minimum Gasteiger partial charge on any atom is -0.497 e. The van der Waals surface area contributed by atoms with E-state index < -0.39 is 6.10 Å². The zero-order valence-electron chi connectivity index (χ0n) is 8.82. The number of aliphatic hydroxyl groups is 1. The number of methoxy groups -OCH3 is 1. The lowest BCUT2D eigenvalue weighted by molar-refractivity contribution is 0.164. The molecule has 0 aliphatic heterocycles. The lowest BCUT2D eigenvalue weighted by atomic mass is 10.0. The fraction of sp³-hybridized carbons (Fsp3) is 0.455. The molecule has 0 amide bonds. The molecule has 2 unspecified atom stereocenters. The summed E-state index contributed by atoms with van der Waals surface area (Å²) in [6.45, 7) is 3.65. The highest BCUT2D eigenvalue weighted by Crippen LogP contribution is 2.22. The molecule has 0 aliphatic carbocycles. The normalized spacial score (nSPS) is 14.9. The van der Waals surface area contributed by atoms with Gasteiger partial charge in [-0.2, -0.15) is 0 Å². The molecule has 1 rings (SSSR count). The van der Waals surface area contributed by atoms with Crippen molar-refractivity contribution in [3.05, 3.63) is 29.3 Å². The number of hydrogen-bond acceptors (Lipinski definition) is 3. The Morgan fingerprint density at radius 3 is 2.50 bits per heavy atom. The molecular weight excluding hydrogens is 178 g/mol. The molecule has 0 bridgehead atoms. The predicted octanol–water partition coefficient (Wildman–Crippen LogP) is 1.38. The summed E-state index contributed by atoms with van der Waals surface area (Å²) in [5.41, 5.74) is 7.80. The van der Waals surface area contributed by atoms with Gasteiger partial charge < -0.3 is 15.6 Å². The average Bonchev–Trinajstić information content (AvgIpc) is 2.15. The van der Waals surface area contributed by atoms with Crippen LogP contribution in [0.15, 0.2) is 18.2 Å². The summed E-state index contributed by atoms with van der Waals surface area (Å²) in [6.07, 6.45) is -0.554. The molecule has 0 heterocycles. The lowest BCUT2D eigenvalue weighted by Crippen LogP contribution is -2.23. The Morgan fingerprint density at radius 2 is 2.00 bits per heavy atom. The molecule has 0 spiro atoms. The molecule has 0 aliphatic rings. The maximum Gasteiger partial charge on any atom is 0.119 e. The van der Waals surface area contributed by atoms with Crippen LogP contribution < -0.4 is 10.5 Å². The Kier molecular flexibility index (Phi) is 3.49. The van der Waals surface area contributed by atoms with Crippen LogP contribution in [0.2, 0.25) is 0 Å². The smallest absolute Gasteiger partial charge is 0.119 e. The van der Waals surface area contributed by atoms with E-state index in [9.17, 15) is 5.11 Å². The average molecular weight is 195 g/mol. The van der Waals surface area contributed by atoms with E-state index >= 15 is 0 Å². The second kappa shape index (κ2) is 4.44. The van der Waals surface area contributed by atoms with Gasteiger partial charge in [-0.25, -0.2) is 0 Å². The monoisotopic (exact) mass is 195 g/mol. The molecule has 1 aromatic rings. The number of rotatable bonds is 3. The second-order valence-electron chi connectivity index (χ2n) is 3.55. The highest BCUT2D eigenvalue weighted by molar-refractivity contribution is 5.35. The van der Waals surface area contributed by atoms with Gasteiger partial charge in [0.05, 0.1) is 19.3 Å². The summed E-state index contributed by atoms with van der Waals surface area (Å²) in [4.78, 5) is 0. The number of ether oxygens (including phenoxy) is 1. The standard InChI is InChI=1S/C11H17NO2/c1-7-4-9(11(12)8(2)13)6-10(5-7)14-3/h4-6,8,11,13H,12H2,1-3H3. The second-order valence-corrected chi connectivity index (χ2v) is 3.55. The molecular formula is C11H17NO2. The van der Waals surface area contributed by atoms with Crippen LogP contribution in [0.3, 0.4) is 0 Å². The quantitative estimate of drug-likeness (QED) is 0.766. The SMILES string of the molecule is COc1cc(C)cc(C(N)C(C)O)c1. The van der Waals surface area contributed by atoms with Crippen LogP contribution in [-0.4, -0.2) is 18.3 Å². The van der Waals surface area contributed by atoms with Gasteiger partial charge in [-0.3, -0.25) is 0 Å². The first-order valence-electron chi connectivity index (χ1n) is 4.64.